The van der Waals surface area contributed by atoms with Crippen LogP contribution in [0.1, 0.15) is 55.3 Å². The second-order valence-corrected chi connectivity index (χ2v) is 8.15. The van der Waals surface area contributed by atoms with Crippen LogP contribution in [0.4, 0.5) is 5.69 Å². The van der Waals surface area contributed by atoms with Gasteiger partial charge in [-0.05, 0) is 49.9 Å². The monoisotopic (exact) mass is 383 g/mol. The van der Waals surface area contributed by atoms with Crippen molar-refractivity contribution in [1.29, 1.82) is 0 Å². The number of anilines is 1. The van der Waals surface area contributed by atoms with Crippen LogP contribution in [0.2, 0.25) is 0 Å². The van der Waals surface area contributed by atoms with E-state index >= 15 is 0 Å². The van der Waals surface area contributed by atoms with Crippen molar-refractivity contribution < 1.29 is 14.4 Å². The van der Waals surface area contributed by atoms with Crippen molar-refractivity contribution in [1.82, 2.24) is 9.80 Å². The average Bonchev–Trinajstić information content (AvgIpc) is 3.28. The average molecular weight is 383 g/mol. The van der Waals surface area contributed by atoms with Crippen LogP contribution in [0, 0.1) is 5.92 Å². The number of hydrogen-bond donors (Lipinski definition) is 0. The molecule has 4 rings (SSSR count). The maximum absolute atomic E-state index is 12.8. The molecule has 3 fully saturated rings. The molecule has 3 amide bonds. The molecule has 0 radical (unpaired) electrons. The van der Waals surface area contributed by atoms with Gasteiger partial charge < -0.3 is 14.7 Å². The van der Waals surface area contributed by atoms with Crippen molar-refractivity contribution in [3.05, 3.63) is 29.8 Å². The van der Waals surface area contributed by atoms with Gasteiger partial charge in [0.1, 0.15) is 0 Å². The van der Waals surface area contributed by atoms with E-state index in [4.69, 9.17) is 0 Å². The number of rotatable bonds is 3. The fourth-order valence-corrected chi connectivity index (χ4v) is 4.61. The highest BCUT2D eigenvalue weighted by molar-refractivity contribution is 5.97. The number of hydrogen-bond acceptors (Lipinski definition) is 3. The van der Waals surface area contributed by atoms with Gasteiger partial charge in [0, 0.05) is 56.3 Å². The fraction of sp³-hybridized carbons (Fsp3) is 0.591. The zero-order valence-corrected chi connectivity index (χ0v) is 16.4. The summed E-state index contributed by atoms with van der Waals surface area (Å²) in [5, 5.41) is 0. The van der Waals surface area contributed by atoms with Crippen molar-refractivity contribution in [3.63, 3.8) is 0 Å². The molecule has 0 unspecified atom stereocenters. The summed E-state index contributed by atoms with van der Waals surface area (Å²) < 4.78 is 0. The molecule has 0 bridgehead atoms. The molecule has 0 N–H and O–H groups in total. The Kier molecular flexibility index (Phi) is 5.64. The van der Waals surface area contributed by atoms with E-state index in [1.54, 1.807) is 0 Å². The van der Waals surface area contributed by atoms with E-state index in [1.165, 1.54) is 0 Å². The zero-order valence-electron chi connectivity index (χ0n) is 16.4. The van der Waals surface area contributed by atoms with E-state index in [0.29, 0.717) is 38.2 Å². The number of piperidine rings is 1. The first-order valence-corrected chi connectivity index (χ1v) is 10.6. The number of carbonyl (C=O) groups is 3. The molecule has 150 valence electrons. The van der Waals surface area contributed by atoms with Gasteiger partial charge in [-0.1, -0.05) is 12.8 Å². The van der Waals surface area contributed by atoms with E-state index in [1.807, 2.05) is 39.0 Å². The van der Waals surface area contributed by atoms with Gasteiger partial charge in [0.2, 0.25) is 11.8 Å². The van der Waals surface area contributed by atoms with Gasteiger partial charge in [-0.3, -0.25) is 14.4 Å². The zero-order chi connectivity index (χ0) is 19.5. The highest BCUT2D eigenvalue weighted by Crippen LogP contribution is 2.27. The lowest BCUT2D eigenvalue weighted by atomic mass is 10.1. The summed E-state index contributed by atoms with van der Waals surface area (Å²) in [5.41, 5.74) is 1.51. The molecule has 1 aliphatic carbocycles. The summed E-state index contributed by atoms with van der Waals surface area (Å²) in [5.74, 6) is 0.644. The third-order valence-corrected chi connectivity index (χ3v) is 6.33. The normalized spacial score (nSPS) is 21.3. The Bertz CT molecular complexity index is 732. The summed E-state index contributed by atoms with van der Waals surface area (Å²) in [6.45, 7) is 3.18. The highest BCUT2D eigenvalue weighted by Gasteiger charge is 2.30. The number of piperazine rings is 1. The summed E-state index contributed by atoms with van der Waals surface area (Å²) in [4.78, 5) is 43.0. The van der Waals surface area contributed by atoms with Crippen molar-refractivity contribution in [3.8, 4) is 0 Å². The molecule has 2 heterocycles. The van der Waals surface area contributed by atoms with E-state index in [9.17, 15) is 14.4 Å². The van der Waals surface area contributed by atoms with Gasteiger partial charge in [0.25, 0.3) is 5.91 Å². The minimum atomic E-state index is 0.00415. The van der Waals surface area contributed by atoms with Crippen molar-refractivity contribution in [2.45, 2.75) is 44.9 Å². The fourth-order valence-electron chi connectivity index (χ4n) is 4.61. The lowest BCUT2D eigenvalue weighted by molar-refractivity contribution is -0.136. The number of carbonyl (C=O) groups excluding carboxylic acids is 3. The smallest absolute Gasteiger partial charge is 0.253 e. The predicted molar refractivity (Wildman–Crippen MR) is 107 cm³/mol. The molecule has 0 spiro atoms. The van der Waals surface area contributed by atoms with E-state index in [-0.39, 0.29) is 23.6 Å². The minimum Gasteiger partial charge on any atom is -0.339 e. The quantitative estimate of drug-likeness (QED) is 0.806. The van der Waals surface area contributed by atoms with Crippen LogP contribution in [0.3, 0.4) is 0 Å². The molecule has 28 heavy (non-hydrogen) atoms. The number of nitrogens with zero attached hydrogens (tertiary/aromatic N) is 3. The van der Waals surface area contributed by atoms with Gasteiger partial charge in [-0.15, -0.1) is 0 Å². The van der Waals surface area contributed by atoms with Crippen molar-refractivity contribution in [2.75, 3.05) is 37.6 Å². The van der Waals surface area contributed by atoms with Gasteiger partial charge in [-0.2, -0.15) is 0 Å². The third kappa shape index (κ3) is 3.91. The van der Waals surface area contributed by atoms with Crippen LogP contribution in [-0.4, -0.2) is 60.2 Å². The molecule has 2 saturated heterocycles. The van der Waals surface area contributed by atoms with Gasteiger partial charge >= 0.3 is 0 Å². The Morgan fingerprint density at radius 1 is 0.786 bits per heavy atom. The molecule has 6 heteroatoms. The first-order valence-electron chi connectivity index (χ1n) is 10.6. The van der Waals surface area contributed by atoms with Crippen molar-refractivity contribution in [2.24, 2.45) is 5.92 Å². The second kappa shape index (κ2) is 8.33. The van der Waals surface area contributed by atoms with Crippen LogP contribution in [0.5, 0.6) is 0 Å². The minimum absolute atomic E-state index is 0.00415. The molecule has 0 atom stereocenters. The van der Waals surface area contributed by atoms with Gasteiger partial charge in [0.05, 0.1) is 0 Å². The Labute approximate surface area is 166 Å². The molecular weight excluding hydrogens is 354 g/mol. The molecule has 3 aliphatic rings. The lowest BCUT2D eigenvalue weighted by Crippen LogP contribution is -2.51. The van der Waals surface area contributed by atoms with E-state index in [0.717, 1.165) is 50.8 Å². The lowest BCUT2D eigenvalue weighted by Gasteiger charge is -2.36. The summed E-state index contributed by atoms with van der Waals surface area (Å²) in [7, 11) is 0. The predicted octanol–water partition coefficient (Wildman–Crippen LogP) is 2.68. The largest absolute Gasteiger partial charge is 0.339 e. The Hall–Kier alpha value is -2.37. The third-order valence-electron chi connectivity index (χ3n) is 6.33. The first-order chi connectivity index (χ1) is 13.6. The van der Waals surface area contributed by atoms with Gasteiger partial charge in [0.15, 0.2) is 0 Å². The molecular formula is C22H29N3O3. The van der Waals surface area contributed by atoms with Crippen LogP contribution < -0.4 is 4.90 Å². The molecule has 1 aromatic rings. The van der Waals surface area contributed by atoms with E-state index < -0.39 is 0 Å². The Balaban J connectivity index is 1.33. The highest BCUT2D eigenvalue weighted by atomic mass is 16.2. The first kappa shape index (κ1) is 19.0. The van der Waals surface area contributed by atoms with E-state index in [2.05, 4.69) is 0 Å². The molecule has 1 saturated carbocycles. The standard InChI is InChI=1S/C22H29N3O3/c26-20-7-3-4-12-25(20)19-10-8-18(9-11-19)22(28)24-15-13-23(14-16-24)21(27)17-5-1-2-6-17/h8-11,17H,1-7,12-16H2. The van der Waals surface area contributed by atoms with Crippen LogP contribution in [0.25, 0.3) is 0 Å². The second-order valence-electron chi connectivity index (χ2n) is 8.15. The summed E-state index contributed by atoms with van der Waals surface area (Å²) >= 11 is 0. The number of benzene rings is 1. The van der Waals surface area contributed by atoms with Crippen LogP contribution in [0.15, 0.2) is 24.3 Å². The van der Waals surface area contributed by atoms with Crippen LogP contribution in [-0.2, 0) is 9.59 Å². The SMILES string of the molecule is O=C(c1ccc(N2CCCCC2=O)cc1)N1CCN(C(=O)C2CCCC2)CC1. The summed E-state index contributed by atoms with van der Waals surface area (Å²) in [6, 6.07) is 7.37. The Morgan fingerprint density at radius 3 is 2.07 bits per heavy atom. The molecule has 2 aliphatic heterocycles. The maximum atomic E-state index is 12.8. The molecule has 6 nitrogen and oxygen atoms in total. The topological polar surface area (TPSA) is 60.9 Å². The summed E-state index contributed by atoms with van der Waals surface area (Å²) in [6.07, 6.45) is 6.94. The van der Waals surface area contributed by atoms with Gasteiger partial charge in [-0.25, -0.2) is 0 Å². The maximum Gasteiger partial charge on any atom is 0.253 e. The Morgan fingerprint density at radius 2 is 1.43 bits per heavy atom. The molecule has 0 aromatic heterocycles. The van der Waals surface area contributed by atoms with Crippen LogP contribution >= 0.6 is 0 Å². The number of amides is 3. The van der Waals surface area contributed by atoms with Crippen molar-refractivity contribution >= 4 is 23.4 Å². The molecule has 1 aromatic carbocycles.